The highest BCUT2D eigenvalue weighted by Crippen LogP contribution is 2.14. The third kappa shape index (κ3) is 4.18. The van der Waals surface area contributed by atoms with Gasteiger partial charge in [-0.2, -0.15) is 0 Å². The molecule has 1 rings (SSSR count). The first-order valence-corrected chi connectivity index (χ1v) is 6.38. The fourth-order valence-corrected chi connectivity index (χ4v) is 1.91. The maximum absolute atomic E-state index is 11.8. The Hall–Kier alpha value is -1.30. The van der Waals surface area contributed by atoms with Gasteiger partial charge in [-0.25, -0.2) is 4.79 Å². The fraction of sp³-hybridized carbons (Fsp3) is 0.833. The minimum atomic E-state index is -0.925. The van der Waals surface area contributed by atoms with Crippen LogP contribution in [-0.2, 0) is 9.53 Å². The normalized spacial score (nSPS) is 22.8. The van der Waals surface area contributed by atoms with Crippen molar-refractivity contribution in [1.29, 1.82) is 0 Å². The van der Waals surface area contributed by atoms with Gasteiger partial charge in [0.05, 0.1) is 19.3 Å². The minimum absolute atomic E-state index is 0.166. The number of ether oxygens (including phenoxy) is 1. The Morgan fingerprint density at radius 2 is 2.11 bits per heavy atom. The molecular weight excluding hydrogens is 236 g/mol. The standard InChI is InChI=1S/C12H22N2O4/c1-3-4-5-6-14(2)12(17)13-10-8-18-7-9(10)11(15)16/h9-10H,3-8H2,1-2H3,(H,13,17)(H,15,16). The Bertz CT molecular complexity index is 296. The molecular formula is C12H22N2O4. The van der Waals surface area contributed by atoms with Crippen LogP contribution in [0.3, 0.4) is 0 Å². The SMILES string of the molecule is CCCCCN(C)C(=O)NC1COCC1C(=O)O. The Balaban J connectivity index is 2.36. The third-order valence-corrected chi connectivity index (χ3v) is 3.15. The van der Waals surface area contributed by atoms with E-state index in [1.165, 1.54) is 0 Å². The van der Waals surface area contributed by atoms with Crippen LogP contribution in [0.4, 0.5) is 4.79 Å². The van der Waals surface area contributed by atoms with Crippen LogP contribution in [0.15, 0.2) is 0 Å². The maximum Gasteiger partial charge on any atom is 0.317 e. The topological polar surface area (TPSA) is 78.9 Å². The van der Waals surface area contributed by atoms with Crippen LogP contribution in [0.1, 0.15) is 26.2 Å². The Morgan fingerprint density at radius 1 is 1.39 bits per heavy atom. The van der Waals surface area contributed by atoms with Gasteiger partial charge in [0.1, 0.15) is 5.92 Å². The summed E-state index contributed by atoms with van der Waals surface area (Å²) in [6.45, 7) is 3.23. The molecule has 0 bridgehead atoms. The van der Waals surface area contributed by atoms with E-state index in [1.54, 1.807) is 11.9 Å². The molecule has 1 aliphatic heterocycles. The van der Waals surface area contributed by atoms with Gasteiger partial charge in [-0.3, -0.25) is 4.79 Å². The summed E-state index contributed by atoms with van der Waals surface area (Å²) in [5, 5.41) is 11.7. The van der Waals surface area contributed by atoms with Crippen molar-refractivity contribution in [2.75, 3.05) is 26.8 Å². The van der Waals surface area contributed by atoms with Gasteiger partial charge in [0.15, 0.2) is 0 Å². The van der Waals surface area contributed by atoms with Crippen molar-refractivity contribution in [2.45, 2.75) is 32.2 Å². The van der Waals surface area contributed by atoms with Crippen molar-refractivity contribution < 1.29 is 19.4 Å². The lowest BCUT2D eigenvalue weighted by atomic mass is 10.0. The summed E-state index contributed by atoms with van der Waals surface area (Å²) < 4.78 is 5.10. The number of carbonyl (C=O) groups is 2. The molecule has 0 aliphatic carbocycles. The first-order chi connectivity index (χ1) is 8.56. The highest BCUT2D eigenvalue weighted by atomic mass is 16.5. The second-order valence-electron chi connectivity index (χ2n) is 4.67. The molecule has 1 aliphatic rings. The third-order valence-electron chi connectivity index (χ3n) is 3.15. The number of hydrogen-bond acceptors (Lipinski definition) is 3. The molecule has 2 amide bonds. The number of unbranched alkanes of at least 4 members (excludes halogenated alkanes) is 2. The monoisotopic (exact) mass is 258 g/mol. The van der Waals surface area contributed by atoms with Crippen LogP contribution in [0.25, 0.3) is 0 Å². The van der Waals surface area contributed by atoms with Crippen LogP contribution in [0.5, 0.6) is 0 Å². The predicted octanol–water partition coefficient (Wildman–Crippen LogP) is 0.918. The Labute approximate surface area is 107 Å². The van der Waals surface area contributed by atoms with Crippen LogP contribution in [-0.4, -0.2) is 54.9 Å². The molecule has 2 N–H and O–H groups in total. The van der Waals surface area contributed by atoms with E-state index in [9.17, 15) is 9.59 Å². The molecule has 104 valence electrons. The fourth-order valence-electron chi connectivity index (χ4n) is 1.91. The Kier molecular flexibility index (Phi) is 5.91. The lowest BCUT2D eigenvalue weighted by molar-refractivity contribution is -0.142. The highest BCUT2D eigenvalue weighted by molar-refractivity contribution is 5.77. The molecule has 6 nitrogen and oxygen atoms in total. The van der Waals surface area contributed by atoms with E-state index in [4.69, 9.17) is 9.84 Å². The number of urea groups is 1. The van der Waals surface area contributed by atoms with Gasteiger partial charge in [0, 0.05) is 13.6 Å². The smallest absolute Gasteiger partial charge is 0.317 e. The zero-order valence-corrected chi connectivity index (χ0v) is 11.0. The molecule has 0 aromatic carbocycles. The van der Waals surface area contributed by atoms with E-state index in [2.05, 4.69) is 12.2 Å². The number of nitrogens with one attached hydrogen (secondary N) is 1. The summed E-state index contributed by atoms with van der Waals surface area (Å²) in [5.74, 6) is -1.57. The van der Waals surface area contributed by atoms with Crippen molar-refractivity contribution >= 4 is 12.0 Å². The van der Waals surface area contributed by atoms with Gasteiger partial charge in [-0.05, 0) is 6.42 Å². The van der Waals surface area contributed by atoms with Gasteiger partial charge in [-0.1, -0.05) is 19.8 Å². The van der Waals surface area contributed by atoms with Crippen LogP contribution >= 0.6 is 0 Å². The summed E-state index contributed by atoms with van der Waals surface area (Å²) in [5.41, 5.74) is 0. The molecule has 1 heterocycles. The van der Waals surface area contributed by atoms with Crippen LogP contribution < -0.4 is 5.32 Å². The summed E-state index contributed by atoms with van der Waals surface area (Å²) in [7, 11) is 1.72. The second kappa shape index (κ2) is 7.20. The number of rotatable bonds is 6. The second-order valence-corrected chi connectivity index (χ2v) is 4.67. The number of carboxylic acids is 1. The van der Waals surface area contributed by atoms with Crippen molar-refractivity contribution in [2.24, 2.45) is 5.92 Å². The maximum atomic E-state index is 11.8. The van der Waals surface area contributed by atoms with Crippen LogP contribution in [0, 0.1) is 5.92 Å². The molecule has 1 fully saturated rings. The molecule has 1 saturated heterocycles. The number of carboxylic acid groups (broad SMARTS) is 1. The summed E-state index contributed by atoms with van der Waals surface area (Å²) in [4.78, 5) is 24.3. The van der Waals surface area contributed by atoms with Gasteiger partial charge < -0.3 is 20.1 Å². The van der Waals surface area contributed by atoms with E-state index in [-0.39, 0.29) is 19.2 Å². The van der Waals surface area contributed by atoms with E-state index in [1.807, 2.05) is 0 Å². The number of amides is 2. The minimum Gasteiger partial charge on any atom is -0.481 e. The number of nitrogens with zero attached hydrogens (tertiary/aromatic N) is 1. The van der Waals surface area contributed by atoms with Gasteiger partial charge in [0.2, 0.25) is 0 Å². The molecule has 0 saturated carbocycles. The molecule has 0 aromatic rings. The number of hydrogen-bond donors (Lipinski definition) is 2. The zero-order chi connectivity index (χ0) is 13.5. The first kappa shape index (κ1) is 14.8. The van der Waals surface area contributed by atoms with E-state index in [0.29, 0.717) is 6.54 Å². The van der Waals surface area contributed by atoms with Crippen LogP contribution in [0.2, 0.25) is 0 Å². The first-order valence-electron chi connectivity index (χ1n) is 6.38. The van der Waals surface area contributed by atoms with Gasteiger partial charge >= 0.3 is 12.0 Å². The average Bonchev–Trinajstić information content (AvgIpc) is 2.77. The molecule has 2 atom stereocenters. The lowest BCUT2D eigenvalue weighted by Gasteiger charge is -2.22. The van der Waals surface area contributed by atoms with Gasteiger partial charge in [-0.15, -0.1) is 0 Å². The number of carbonyl (C=O) groups excluding carboxylic acids is 1. The number of aliphatic carboxylic acids is 1. The van der Waals surface area contributed by atoms with E-state index in [0.717, 1.165) is 19.3 Å². The lowest BCUT2D eigenvalue weighted by Crippen LogP contribution is -2.47. The van der Waals surface area contributed by atoms with E-state index >= 15 is 0 Å². The molecule has 0 spiro atoms. The van der Waals surface area contributed by atoms with Crippen molar-refractivity contribution in [3.05, 3.63) is 0 Å². The molecule has 0 aromatic heterocycles. The summed E-state index contributed by atoms with van der Waals surface area (Å²) in [6.07, 6.45) is 3.15. The molecule has 2 unspecified atom stereocenters. The van der Waals surface area contributed by atoms with E-state index < -0.39 is 17.9 Å². The van der Waals surface area contributed by atoms with Crippen molar-refractivity contribution in [1.82, 2.24) is 10.2 Å². The highest BCUT2D eigenvalue weighted by Gasteiger charge is 2.35. The molecule has 0 radical (unpaired) electrons. The largest absolute Gasteiger partial charge is 0.481 e. The molecule has 6 heteroatoms. The predicted molar refractivity (Wildman–Crippen MR) is 66.4 cm³/mol. The summed E-state index contributed by atoms with van der Waals surface area (Å²) >= 11 is 0. The van der Waals surface area contributed by atoms with Crippen molar-refractivity contribution in [3.8, 4) is 0 Å². The van der Waals surface area contributed by atoms with Crippen molar-refractivity contribution in [3.63, 3.8) is 0 Å². The zero-order valence-electron chi connectivity index (χ0n) is 11.0. The van der Waals surface area contributed by atoms with Gasteiger partial charge in [0.25, 0.3) is 0 Å². The quantitative estimate of drug-likeness (QED) is 0.694. The summed E-state index contributed by atoms with van der Waals surface area (Å²) in [6, 6.07) is -0.656. The average molecular weight is 258 g/mol. The Morgan fingerprint density at radius 3 is 2.72 bits per heavy atom. The molecule has 18 heavy (non-hydrogen) atoms.